The second kappa shape index (κ2) is 5.25. The largest absolute Gasteiger partial charge is 0.573 e. The number of nitrogens with zero attached hydrogens (tertiary/aromatic N) is 1. The summed E-state index contributed by atoms with van der Waals surface area (Å²) < 4.78 is 100. The summed E-state index contributed by atoms with van der Waals surface area (Å²) in [5.74, 6) is -1.64. The number of rotatable bonds is 2. The molecule has 1 aromatic heterocycles. The van der Waals surface area contributed by atoms with Gasteiger partial charge in [-0.25, -0.2) is 8.78 Å². The number of aromatic nitrogens is 1. The van der Waals surface area contributed by atoms with Crippen molar-refractivity contribution in [2.24, 2.45) is 0 Å². The lowest BCUT2D eigenvalue weighted by molar-refractivity contribution is -0.275. The third-order valence-corrected chi connectivity index (χ3v) is 2.80. The Bertz CT molecular complexity index is 469. The van der Waals surface area contributed by atoms with Crippen LogP contribution >= 0.6 is 22.6 Å². The Morgan fingerprint density at radius 1 is 1.11 bits per heavy atom. The molecule has 2 nitrogen and oxygen atoms in total. The van der Waals surface area contributed by atoms with Gasteiger partial charge < -0.3 is 4.74 Å². The second-order valence-electron chi connectivity index (χ2n) is 3.05. The van der Waals surface area contributed by atoms with Gasteiger partial charge in [0.25, 0.3) is 6.43 Å². The Labute approximate surface area is 113 Å². The van der Waals surface area contributed by atoms with Crippen LogP contribution < -0.4 is 4.74 Å². The topological polar surface area (TPSA) is 22.1 Å². The first-order valence-corrected chi connectivity index (χ1v) is 5.31. The Morgan fingerprint density at radius 2 is 1.63 bits per heavy atom. The van der Waals surface area contributed by atoms with Crippen LogP contribution in [0.3, 0.4) is 0 Å². The predicted octanol–water partition coefficient (Wildman–Crippen LogP) is 4.54. The van der Waals surface area contributed by atoms with Gasteiger partial charge in [0.05, 0.1) is 9.13 Å². The molecule has 0 aliphatic heterocycles. The molecule has 0 spiro atoms. The zero-order chi connectivity index (χ0) is 15.0. The van der Waals surface area contributed by atoms with Crippen molar-refractivity contribution in [2.45, 2.75) is 19.0 Å². The van der Waals surface area contributed by atoms with Gasteiger partial charge in [0.15, 0.2) is 5.75 Å². The van der Waals surface area contributed by atoms with Crippen molar-refractivity contribution in [3.63, 3.8) is 0 Å². The summed E-state index contributed by atoms with van der Waals surface area (Å²) in [4.78, 5) is 2.69. The van der Waals surface area contributed by atoms with Crippen LogP contribution in [-0.2, 0) is 6.18 Å². The standard InChI is InChI=1S/C8H2F8INO/c9-6(10)4-5(19-8(14,15)16)3(17)2(1-18-4)7(11,12)13/h1,6H. The third-order valence-electron chi connectivity index (χ3n) is 1.73. The fourth-order valence-corrected chi connectivity index (χ4v) is 1.88. The number of hydrogen-bond donors (Lipinski definition) is 0. The smallest absolute Gasteiger partial charge is 0.402 e. The van der Waals surface area contributed by atoms with Crippen molar-refractivity contribution in [3.05, 3.63) is 21.0 Å². The van der Waals surface area contributed by atoms with Crippen LogP contribution in [0.4, 0.5) is 35.1 Å². The van der Waals surface area contributed by atoms with Gasteiger partial charge in [0, 0.05) is 6.20 Å². The highest BCUT2D eigenvalue weighted by atomic mass is 127. The molecule has 0 bridgehead atoms. The zero-order valence-electron chi connectivity index (χ0n) is 8.41. The molecular weight excluding hydrogens is 405 g/mol. The minimum absolute atomic E-state index is 0.0342. The fourth-order valence-electron chi connectivity index (χ4n) is 1.05. The number of hydrogen-bond acceptors (Lipinski definition) is 2. The van der Waals surface area contributed by atoms with Crippen LogP contribution in [0, 0.1) is 3.57 Å². The molecule has 0 saturated carbocycles. The Morgan fingerprint density at radius 3 is 2.00 bits per heavy atom. The summed E-state index contributed by atoms with van der Waals surface area (Å²) in [5.41, 5.74) is -3.09. The van der Waals surface area contributed by atoms with E-state index < -0.39 is 39.5 Å². The molecule has 108 valence electrons. The molecule has 1 aromatic rings. The molecular formula is C8H2F8INO. The lowest BCUT2D eigenvalue weighted by atomic mass is 10.2. The number of halogens is 9. The first-order chi connectivity index (χ1) is 8.43. The molecule has 0 atom stereocenters. The highest BCUT2D eigenvalue weighted by molar-refractivity contribution is 14.1. The van der Waals surface area contributed by atoms with Crippen LogP contribution in [0.5, 0.6) is 5.75 Å². The van der Waals surface area contributed by atoms with Crippen molar-refractivity contribution in [2.75, 3.05) is 0 Å². The highest BCUT2D eigenvalue weighted by Crippen LogP contribution is 2.41. The van der Waals surface area contributed by atoms with Gasteiger partial charge in [0.2, 0.25) is 0 Å². The summed E-state index contributed by atoms with van der Waals surface area (Å²) in [7, 11) is 0. The molecule has 1 rings (SSSR count). The molecule has 0 amide bonds. The minimum Gasteiger partial charge on any atom is -0.402 e. The molecule has 11 heteroatoms. The Kier molecular flexibility index (Phi) is 4.47. The van der Waals surface area contributed by atoms with Crippen molar-refractivity contribution in [1.29, 1.82) is 0 Å². The summed E-state index contributed by atoms with van der Waals surface area (Å²) in [5, 5.41) is 0. The molecule has 0 saturated heterocycles. The van der Waals surface area contributed by atoms with Crippen molar-refractivity contribution in [1.82, 2.24) is 4.98 Å². The SMILES string of the molecule is FC(F)c1ncc(C(F)(F)F)c(I)c1OC(F)(F)F. The van der Waals surface area contributed by atoms with E-state index in [0.29, 0.717) is 0 Å². The second-order valence-corrected chi connectivity index (χ2v) is 4.13. The van der Waals surface area contributed by atoms with E-state index in [4.69, 9.17) is 0 Å². The normalized spacial score (nSPS) is 12.9. The van der Waals surface area contributed by atoms with Crippen LogP contribution in [-0.4, -0.2) is 11.3 Å². The van der Waals surface area contributed by atoms with Crippen LogP contribution in [0.15, 0.2) is 6.20 Å². The predicted molar refractivity (Wildman–Crippen MR) is 53.6 cm³/mol. The number of pyridine rings is 1. The van der Waals surface area contributed by atoms with Crippen molar-refractivity contribution in [3.8, 4) is 5.75 Å². The maximum Gasteiger partial charge on any atom is 0.573 e. The van der Waals surface area contributed by atoms with Gasteiger partial charge in [-0.1, -0.05) is 0 Å². The Hall–Kier alpha value is -0.880. The fraction of sp³-hybridized carbons (Fsp3) is 0.375. The Balaban J connectivity index is 3.45. The van der Waals surface area contributed by atoms with Crippen molar-refractivity contribution >= 4 is 22.6 Å². The van der Waals surface area contributed by atoms with E-state index in [9.17, 15) is 35.1 Å². The van der Waals surface area contributed by atoms with Gasteiger partial charge in [-0.2, -0.15) is 13.2 Å². The molecule has 0 aliphatic carbocycles. The van der Waals surface area contributed by atoms with E-state index in [2.05, 4.69) is 9.72 Å². The van der Waals surface area contributed by atoms with Gasteiger partial charge in [-0.15, -0.1) is 13.2 Å². The maximum absolute atomic E-state index is 12.4. The highest BCUT2D eigenvalue weighted by Gasteiger charge is 2.40. The van der Waals surface area contributed by atoms with Gasteiger partial charge in [-0.05, 0) is 22.6 Å². The molecule has 0 N–H and O–H groups in total. The van der Waals surface area contributed by atoms with E-state index in [1.807, 2.05) is 0 Å². The van der Waals surface area contributed by atoms with Gasteiger partial charge >= 0.3 is 12.5 Å². The number of ether oxygens (including phenoxy) is 1. The summed E-state index contributed by atoms with van der Waals surface area (Å²) in [6.45, 7) is 0. The minimum atomic E-state index is -5.41. The van der Waals surface area contributed by atoms with Crippen molar-refractivity contribution < 1.29 is 39.9 Å². The molecule has 0 radical (unpaired) electrons. The van der Waals surface area contributed by atoms with Crippen LogP contribution in [0.25, 0.3) is 0 Å². The van der Waals surface area contributed by atoms with Gasteiger partial charge in [-0.3, -0.25) is 4.98 Å². The summed E-state index contributed by atoms with van der Waals surface area (Å²) in [6, 6.07) is 0. The first-order valence-electron chi connectivity index (χ1n) is 4.23. The maximum atomic E-state index is 12.4. The van der Waals surface area contributed by atoms with Gasteiger partial charge in [0.1, 0.15) is 5.69 Å². The van der Waals surface area contributed by atoms with E-state index in [0.717, 1.165) is 22.6 Å². The molecule has 19 heavy (non-hydrogen) atoms. The zero-order valence-corrected chi connectivity index (χ0v) is 10.6. The average Bonchev–Trinajstić information content (AvgIpc) is 2.16. The molecule has 0 unspecified atom stereocenters. The van der Waals surface area contributed by atoms with E-state index in [1.165, 1.54) is 0 Å². The summed E-state index contributed by atoms with van der Waals surface area (Å²) in [6.07, 6.45) is -13.9. The van der Waals surface area contributed by atoms with Crippen LogP contribution in [0.2, 0.25) is 0 Å². The average molecular weight is 407 g/mol. The number of alkyl halides is 8. The molecule has 1 heterocycles. The van der Waals surface area contributed by atoms with E-state index in [1.54, 1.807) is 0 Å². The molecule has 0 aliphatic rings. The quantitative estimate of drug-likeness (QED) is 0.531. The first kappa shape index (κ1) is 16.2. The third kappa shape index (κ3) is 4.04. The monoisotopic (exact) mass is 407 g/mol. The lowest BCUT2D eigenvalue weighted by Gasteiger charge is -2.17. The lowest BCUT2D eigenvalue weighted by Crippen LogP contribution is -2.21. The van der Waals surface area contributed by atoms with E-state index >= 15 is 0 Å². The van der Waals surface area contributed by atoms with Crippen LogP contribution in [0.1, 0.15) is 17.7 Å². The molecule has 0 aromatic carbocycles. The summed E-state index contributed by atoms with van der Waals surface area (Å²) >= 11 is 0.847. The molecule has 0 fully saturated rings. The van der Waals surface area contributed by atoms with E-state index in [-0.39, 0.29) is 6.20 Å².